The summed E-state index contributed by atoms with van der Waals surface area (Å²) in [4.78, 5) is 0. The lowest BCUT2D eigenvalue weighted by atomic mass is 10.1. The van der Waals surface area contributed by atoms with E-state index in [9.17, 15) is 4.39 Å². The third kappa shape index (κ3) is 2.62. The molecule has 0 amide bonds. The number of halogens is 1. The van der Waals surface area contributed by atoms with E-state index in [0.717, 1.165) is 30.0 Å². The van der Waals surface area contributed by atoms with Crippen LogP contribution in [0.2, 0.25) is 0 Å². The van der Waals surface area contributed by atoms with Crippen molar-refractivity contribution in [2.24, 2.45) is 0 Å². The Hall–Kier alpha value is -2.03. The number of ether oxygens (including phenoxy) is 1. The first-order valence-corrected chi connectivity index (χ1v) is 6.88. The van der Waals surface area contributed by atoms with Crippen LogP contribution in [0.1, 0.15) is 16.7 Å². The standard InChI is InChI=1S/C17H18FNO/c1-11-3-5-16(12(2)7-11)19-10-15-9-13-8-14(18)4-6-17(13)20-15/h3-8,15,19H,9-10H2,1-2H3. The fourth-order valence-electron chi connectivity index (χ4n) is 2.64. The number of aryl methyl sites for hydroxylation is 2. The maximum Gasteiger partial charge on any atom is 0.123 e. The Labute approximate surface area is 118 Å². The van der Waals surface area contributed by atoms with Gasteiger partial charge in [0, 0.05) is 17.7 Å². The lowest BCUT2D eigenvalue weighted by Gasteiger charge is -2.14. The zero-order chi connectivity index (χ0) is 14.1. The maximum absolute atomic E-state index is 13.2. The SMILES string of the molecule is Cc1ccc(NCC2Cc3cc(F)ccc3O2)c(C)c1. The fraction of sp³-hybridized carbons (Fsp3) is 0.294. The Bertz CT molecular complexity index is 639. The lowest BCUT2D eigenvalue weighted by Crippen LogP contribution is -2.24. The molecule has 2 nitrogen and oxygen atoms in total. The molecule has 2 aromatic carbocycles. The smallest absolute Gasteiger partial charge is 0.123 e. The van der Waals surface area contributed by atoms with Crippen molar-refractivity contribution in [2.45, 2.75) is 26.4 Å². The normalized spacial score (nSPS) is 16.6. The minimum atomic E-state index is -0.199. The van der Waals surface area contributed by atoms with Crippen LogP contribution in [0.15, 0.2) is 36.4 Å². The highest BCUT2D eigenvalue weighted by Gasteiger charge is 2.23. The van der Waals surface area contributed by atoms with E-state index in [2.05, 4.69) is 37.4 Å². The summed E-state index contributed by atoms with van der Waals surface area (Å²) < 4.78 is 19.0. The molecule has 104 valence electrons. The lowest BCUT2D eigenvalue weighted by molar-refractivity contribution is 0.246. The van der Waals surface area contributed by atoms with Crippen LogP contribution in [0.5, 0.6) is 5.75 Å². The summed E-state index contributed by atoms with van der Waals surface area (Å²) >= 11 is 0. The Morgan fingerprint density at radius 2 is 2.05 bits per heavy atom. The van der Waals surface area contributed by atoms with Crippen LogP contribution in [0.25, 0.3) is 0 Å². The van der Waals surface area contributed by atoms with E-state index in [4.69, 9.17) is 4.74 Å². The van der Waals surface area contributed by atoms with Gasteiger partial charge in [0.25, 0.3) is 0 Å². The molecule has 20 heavy (non-hydrogen) atoms. The Morgan fingerprint density at radius 1 is 1.20 bits per heavy atom. The molecule has 0 bridgehead atoms. The average Bonchev–Trinajstić information content (AvgIpc) is 2.79. The van der Waals surface area contributed by atoms with E-state index in [1.54, 1.807) is 12.1 Å². The second kappa shape index (κ2) is 5.16. The topological polar surface area (TPSA) is 21.3 Å². The quantitative estimate of drug-likeness (QED) is 0.915. The van der Waals surface area contributed by atoms with Crippen LogP contribution < -0.4 is 10.1 Å². The first-order chi connectivity index (χ1) is 9.61. The third-order valence-corrected chi connectivity index (χ3v) is 3.67. The molecule has 0 aromatic heterocycles. The van der Waals surface area contributed by atoms with Crippen molar-refractivity contribution in [1.82, 2.24) is 0 Å². The third-order valence-electron chi connectivity index (χ3n) is 3.67. The van der Waals surface area contributed by atoms with Gasteiger partial charge in [-0.1, -0.05) is 17.7 Å². The van der Waals surface area contributed by atoms with Gasteiger partial charge in [0.2, 0.25) is 0 Å². The van der Waals surface area contributed by atoms with E-state index >= 15 is 0 Å². The summed E-state index contributed by atoms with van der Waals surface area (Å²) in [6, 6.07) is 11.1. The highest BCUT2D eigenvalue weighted by Crippen LogP contribution is 2.29. The maximum atomic E-state index is 13.2. The highest BCUT2D eigenvalue weighted by molar-refractivity contribution is 5.52. The number of benzene rings is 2. The molecule has 0 radical (unpaired) electrons. The number of hydrogen-bond acceptors (Lipinski definition) is 2. The second-order valence-electron chi connectivity index (χ2n) is 5.40. The largest absolute Gasteiger partial charge is 0.488 e. The highest BCUT2D eigenvalue weighted by atomic mass is 19.1. The predicted molar refractivity (Wildman–Crippen MR) is 78.9 cm³/mol. The minimum absolute atomic E-state index is 0.0625. The van der Waals surface area contributed by atoms with Gasteiger partial charge < -0.3 is 10.1 Å². The summed E-state index contributed by atoms with van der Waals surface area (Å²) in [7, 11) is 0. The minimum Gasteiger partial charge on any atom is -0.488 e. The summed E-state index contributed by atoms with van der Waals surface area (Å²) in [5.41, 5.74) is 4.57. The molecule has 0 saturated heterocycles. The Kier molecular flexibility index (Phi) is 3.35. The second-order valence-corrected chi connectivity index (χ2v) is 5.40. The van der Waals surface area contributed by atoms with Gasteiger partial charge in [0.05, 0.1) is 6.54 Å². The molecular weight excluding hydrogens is 253 g/mol. The average molecular weight is 271 g/mol. The molecule has 1 aliphatic rings. The zero-order valence-electron chi connectivity index (χ0n) is 11.7. The van der Waals surface area contributed by atoms with Gasteiger partial charge in [-0.15, -0.1) is 0 Å². The summed E-state index contributed by atoms with van der Waals surface area (Å²) in [5, 5.41) is 3.41. The zero-order valence-corrected chi connectivity index (χ0v) is 11.7. The molecule has 0 spiro atoms. The molecule has 0 aliphatic carbocycles. The van der Waals surface area contributed by atoms with Crippen LogP contribution in [0.3, 0.4) is 0 Å². The van der Waals surface area contributed by atoms with Gasteiger partial charge in [-0.05, 0) is 43.7 Å². The molecule has 2 aromatic rings. The van der Waals surface area contributed by atoms with Crippen LogP contribution in [0.4, 0.5) is 10.1 Å². The van der Waals surface area contributed by atoms with E-state index < -0.39 is 0 Å². The molecule has 1 heterocycles. The Morgan fingerprint density at radius 3 is 2.85 bits per heavy atom. The van der Waals surface area contributed by atoms with Gasteiger partial charge in [-0.2, -0.15) is 0 Å². The van der Waals surface area contributed by atoms with Crippen molar-refractivity contribution in [3.63, 3.8) is 0 Å². The molecule has 3 heteroatoms. The summed E-state index contributed by atoms with van der Waals surface area (Å²) in [5.74, 6) is 0.606. The van der Waals surface area contributed by atoms with Crippen molar-refractivity contribution in [2.75, 3.05) is 11.9 Å². The Balaban J connectivity index is 1.63. The molecule has 1 N–H and O–H groups in total. The van der Waals surface area contributed by atoms with Crippen molar-refractivity contribution in [3.8, 4) is 5.75 Å². The number of rotatable bonds is 3. The molecule has 0 saturated carbocycles. The molecule has 0 fully saturated rings. The summed E-state index contributed by atoms with van der Waals surface area (Å²) in [6.07, 6.45) is 0.817. The van der Waals surface area contributed by atoms with Crippen LogP contribution in [0, 0.1) is 19.7 Å². The summed E-state index contributed by atoms with van der Waals surface area (Å²) in [6.45, 7) is 4.90. The van der Waals surface area contributed by atoms with Crippen molar-refractivity contribution in [3.05, 3.63) is 58.9 Å². The predicted octanol–water partition coefficient (Wildman–Crippen LogP) is 3.86. The number of hydrogen-bond donors (Lipinski definition) is 1. The van der Waals surface area contributed by atoms with E-state index in [0.29, 0.717) is 0 Å². The number of nitrogens with one attached hydrogen (secondary N) is 1. The van der Waals surface area contributed by atoms with Gasteiger partial charge >= 0.3 is 0 Å². The van der Waals surface area contributed by atoms with E-state index in [1.165, 1.54) is 17.2 Å². The van der Waals surface area contributed by atoms with Crippen LogP contribution >= 0.6 is 0 Å². The number of fused-ring (bicyclic) bond motifs is 1. The van der Waals surface area contributed by atoms with Crippen molar-refractivity contribution in [1.29, 1.82) is 0 Å². The van der Waals surface area contributed by atoms with Crippen molar-refractivity contribution < 1.29 is 9.13 Å². The van der Waals surface area contributed by atoms with E-state index in [1.807, 2.05) is 0 Å². The van der Waals surface area contributed by atoms with Crippen molar-refractivity contribution >= 4 is 5.69 Å². The molecule has 1 unspecified atom stereocenters. The van der Waals surface area contributed by atoms with Crippen LogP contribution in [-0.2, 0) is 6.42 Å². The molecular formula is C17H18FNO. The van der Waals surface area contributed by atoms with Gasteiger partial charge in [-0.25, -0.2) is 4.39 Å². The van der Waals surface area contributed by atoms with Gasteiger partial charge in [0.15, 0.2) is 0 Å². The monoisotopic (exact) mass is 271 g/mol. The van der Waals surface area contributed by atoms with Crippen LogP contribution in [-0.4, -0.2) is 12.6 Å². The molecule has 3 rings (SSSR count). The van der Waals surface area contributed by atoms with E-state index in [-0.39, 0.29) is 11.9 Å². The first kappa shape index (κ1) is 13.0. The van der Waals surface area contributed by atoms with Gasteiger partial charge in [-0.3, -0.25) is 0 Å². The molecule has 1 aliphatic heterocycles. The molecule has 1 atom stereocenters. The first-order valence-electron chi connectivity index (χ1n) is 6.88. The fourth-order valence-corrected chi connectivity index (χ4v) is 2.64. The van der Waals surface area contributed by atoms with Gasteiger partial charge in [0.1, 0.15) is 17.7 Å². The number of anilines is 1.